The van der Waals surface area contributed by atoms with Crippen LogP contribution in [-0.2, 0) is 6.54 Å². The molecule has 0 radical (unpaired) electrons. The second-order valence-corrected chi connectivity index (χ2v) is 7.52. The van der Waals surface area contributed by atoms with E-state index in [0.29, 0.717) is 12.6 Å². The minimum atomic E-state index is 0.336. The standard InChI is InChI=1S/C21H30N4OS/c1-3-22-21(23-14-17-10-13-27-16-17)24-15-20(25-11-4-5-12-25)18-6-8-19(26-2)9-7-18/h6-10,13,16,20H,3-5,11-12,14-15H2,1-2H3,(H2,22,23,24). The SMILES string of the molecule is CCNC(=NCc1ccsc1)NCC(c1ccc(OC)cc1)N1CCCC1. The number of guanidine groups is 1. The van der Waals surface area contributed by atoms with Gasteiger partial charge in [-0.3, -0.25) is 4.90 Å². The highest BCUT2D eigenvalue weighted by Crippen LogP contribution is 2.26. The number of hydrogen-bond donors (Lipinski definition) is 2. The number of hydrogen-bond acceptors (Lipinski definition) is 4. The summed E-state index contributed by atoms with van der Waals surface area (Å²) in [7, 11) is 1.71. The van der Waals surface area contributed by atoms with Gasteiger partial charge in [-0.05, 0) is 72.9 Å². The molecule has 2 N–H and O–H groups in total. The summed E-state index contributed by atoms with van der Waals surface area (Å²) in [6.07, 6.45) is 2.55. The minimum absolute atomic E-state index is 0.336. The molecule has 5 nitrogen and oxygen atoms in total. The van der Waals surface area contributed by atoms with E-state index in [2.05, 4.69) is 51.4 Å². The summed E-state index contributed by atoms with van der Waals surface area (Å²) in [6, 6.07) is 10.9. The maximum absolute atomic E-state index is 5.31. The van der Waals surface area contributed by atoms with Crippen LogP contribution in [0.3, 0.4) is 0 Å². The van der Waals surface area contributed by atoms with Gasteiger partial charge in [0.15, 0.2) is 5.96 Å². The largest absolute Gasteiger partial charge is 0.497 e. The predicted octanol–water partition coefficient (Wildman–Crippen LogP) is 3.65. The zero-order chi connectivity index (χ0) is 18.9. The van der Waals surface area contributed by atoms with E-state index >= 15 is 0 Å². The molecule has 2 heterocycles. The van der Waals surface area contributed by atoms with Crippen molar-refractivity contribution in [3.05, 3.63) is 52.2 Å². The fourth-order valence-corrected chi connectivity index (χ4v) is 4.08. The lowest BCUT2D eigenvalue weighted by Crippen LogP contribution is -2.42. The predicted molar refractivity (Wildman–Crippen MR) is 114 cm³/mol. The van der Waals surface area contributed by atoms with Crippen molar-refractivity contribution in [2.75, 3.05) is 33.3 Å². The Balaban J connectivity index is 1.68. The van der Waals surface area contributed by atoms with E-state index in [-0.39, 0.29) is 0 Å². The van der Waals surface area contributed by atoms with Crippen molar-refractivity contribution >= 4 is 17.3 Å². The van der Waals surface area contributed by atoms with E-state index in [9.17, 15) is 0 Å². The van der Waals surface area contributed by atoms with Crippen LogP contribution in [0.1, 0.15) is 36.9 Å². The highest BCUT2D eigenvalue weighted by atomic mass is 32.1. The lowest BCUT2D eigenvalue weighted by molar-refractivity contribution is 0.245. The smallest absolute Gasteiger partial charge is 0.191 e. The van der Waals surface area contributed by atoms with Crippen molar-refractivity contribution in [1.82, 2.24) is 15.5 Å². The summed E-state index contributed by atoms with van der Waals surface area (Å²) < 4.78 is 5.31. The quantitative estimate of drug-likeness (QED) is 0.537. The fraction of sp³-hybridized carbons (Fsp3) is 0.476. The molecule has 1 aromatic carbocycles. The van der Waals surface area contributed by atoms with Crippen molar-refractivity contribution in [2.24, 2.45) is 4.99 Å². The number of benzene rings is 1. The highest BCUT2D eigenvalue weighted by Gasteiger charge is 2.23. The van der Waals surface area contributed by atoms with E-state index in [1.807, 2.05) is 12.1 Å². The molecular formula is C21H30N4OS. The summed E-state index contributed by atoms with van der Waals surface area (Å²) in [6.45, 7) is 6.80. The van der Waals surface area contributed by atoms with Gasteiger partial charge in [0, 0.05) is 13.1 Å². The second-order valence-electron chi connectivity index (χ2n) is 6.74. The van der Waals surface area contributed by atoms with Crippen molar-refractivity contribution in [1.29, 1.82) is 0 Å². The number of nitrogens with one attached hydrogen (secondary N) is 2. The molecule has 0 amide bonds. The first-order chi connectivity index (χ1) is 13.3. The van der Waals surface area contributed by atoms with Crippen LogP contribution in [0, 0.1) is 0 Å². The molecule has 1 aromatic heterocycles. The number of ether oxygens (including phenoxy) is 1. The van der Waals surface area contributed by atoms with Crippen LogP contribution in [0.5, 0.6) is 5.75 Å². The monoisotopic (exact) mass is 386 g/mol. The van der Waals surface area contributed by atoms with Gasteiger partial charge in [0.25, 0.3) is 0 Å². The van der Waals surface area contributed by atoms with Crippen molar-refractivity contribution in [2.45, 2.75) is 32.4 Å². The van der Waals surface area contributed by atoms with Gasteiger partial charge in [-0.2, -0.15) is 11.3 Å². The number of likely N-dealkylation sites (tertiary alicyclic amines) is 1. The number of methoxy groups -OCH3 is 1. The van der Waals surface area contributed by atoms with Crippen molar-refractivity contribution in [3.63, 3.8) is 0 Å². The Kier molecular flexibility index (Phi) is 7.54. The Labute approximate surface area is 166 Å². The Morgan fingerprint density at radius 2 is 1.96 bits per heavy atom. The first-order valence-corrected chi connectivity index (χ1v) is 10.7. The average molecular weight is 387 g/mol. The molecule has 1 aliphatic rings. The molecule has 0 saturated carbocycles. The molecule has 27 heavy (non-hydrogen) atoms. The van der Waals surface area contributed by atoms with Crippen LogP contribution in [0.25, 0.3) is 0 Å². The maximum atomic E-state index is 5.31. The third-order valence-electron chi connectivity index (χ3n) is 4.89. The Morgan fingerprint density at radius 1 is 1.19 bits per heavy atom. The van der Waals surface area contributed by atoms with E-state index in [1.54, 1.807) is 18.4 Å². The number of aliphatic imine (C=N–C) groups is 1. The van der Waals surface area contributed by atoms with Crippen LogP contribution < -0.4 is 15.4 Å². The van der Waals surface area contributed by atoms with Gasteiger partial charge in [-0.25, -0.2) is 4.99 Å². The second kappa shape index (κ2) is 10.3. The van der Waals surface area contributed by atoms with Crippen LogP contribution in [0.15, 0.2) is 46.1 Å². The van der Waals surface area contributed by atoms with Gasteiger partial charge >= 0.3 is 0 Å². The van der Waals surface area contributed by atoms with Crippen molar-refractivity contribution in [3.8, 4) is 5.75 Å². The Hall–Kier alpha value is -2.05. The summed E-state index contributed by atoms with van der Waals surface area (Å²) >= 11 is 1.71. The van der Waals surface area contributed by atoms with E-state index in [1.165, 1.54) is 24.0 Å². The molecule has 1 unspecified atom stereocenters. The van der Waals surface area contributed by atoms with E-state index in [4.69, 9.17) is 9.73 Å². The molecule has 2 aromatic rings. The summed E-state index contributed by atoms with van der Waals surface area (Å²) in [5.41, 5.74) is 2.57. The van der Waals surface area contributed by atoms with Crippen LogP contribution in [0.4, 0.5) is 0 Å². The van der Waals surface area contributed by atoms with Gasteiger partial charge in [-0.15, -0.1) is 0 Å². The normalized spacial score (nSPS) is 16.3. The third kappa shape index (κ3) is 5.71. The maximum Gasteiger partial charge on any atom is 0.191 e. The first kappa shape index (κ1) is 19.7. The topological polar surface area (TPSA) is 48.9 Å². The Morgan fingerprint density at radius 3 is 2.59 bits per heavy atom. The average Bonchev–Trinajstić information content (AvgIpc) is 3.41. The molecule has 1 atom stereocenters. The molecule has 3 rings (SSSR count). The summed E-state index contributed by atoms with van der Waals surface area (Å²) in [5, 5.41) is 11.2. The number of nitrogens with zero attached hydrogens (tertiary/aromatic N) is 2. The van der Waals surface area contributed by atoms with Crippen LogP contribution >= 0.6 is 11.3 Å². The molecule has 6 heteroatoms. The molecule has 1 aliphatic heterocycles. The van der Waals surface area contributed by atoms with Crippen LogP contribution in [-0.4, -0.2) is 44.1 Å². The highest BCUT2D eigenvalue weighted by molar-refractivity contribution is 7.07. The van der Waals surface area contributed by atoms with Gasteiger partial charge in [-0.1, -0.05) is 12.1 Å². The summed E-state index contributed by atoms with van der Waals surface area (Å²) in [4.78, 5) is 7.30. The van der Waals surface area contributed by atoms with Gasteiger partial charge in [0.2, 0.25) is 0 Å². The van der Waals surface area contributed by atoms with Gasteiger partial charge < -0.3 is 15.4 Å². The summed E-state index contributed by atoms with van der Waals surface area (Å²) in [5.74, 6) is 1.78. The van der Waals surface area contributed by atoms with E-state index < -0.39 is 0 Å². The number of rotatable bonds is 8. The Bertz CT molecular complexity index is 693. The van der Waals surface area contributed by atoms with Gasteiger partial charge in [0.1, 0.15) is 5.75 Å². The molecule has 0 bridgehead atoms. The first-order valence-electron chi connectivity index (χ1n) is 9.71. The molecular weight excluding hydrogens is 356 g/mol. The number of thiophene rings is 1. The van der Waals surface area contributed by atoms with Gasteiger partial charge in [0.05, 0.1) is 19.7 Å². The molecule has 1 fully saturated rings. The lowest BCUT2D eigenvalue weighted by atomic mass is 10.1. The van der Waals surface area contributed by atoms with Crippen LogP contribution in [0.2, 0.25) is 0 Å². The van der Waals surface area contributed by atoms with E-state index in [0.717, 1.165) is 37.9 Å². The van der Waals surface area contributed by atoms with Crippen molar-refractivity contribution < 1.29 is 4.74 Å². The lowest BCUT2D eigenvalue weighted by Gasteiger charge is -2.29. The third-order valence-corrected chi connectivity index (χ3v) is 5.62. The minimum Gasteiger partial charge on any atom is -0.497 e. The molecule has 146 valence electrons. The fourth-order valence-electron chi connectivity index (χ4n) is 3.43. The molecule has 0 aliphatic carbocycles. The zero-order valence-corrected chi connectivity index (χ0v) is 17.1. The zero-order valence-electron chi connectivity index (χ0n) is 16.3. The molecule has 0 spiro atoms. The molecule has 1 saturated heterocycles.